The molecule has 1 aromatic heterocycles. The summed E-state index contributed by atoms with van der Waals surface area (Å²) in [5.41, 5.74) is 0.896. The van der Waals surface area contributed by atoms with Crippen LogP contribution in [0.2, 0.25) is 0 Å². The normalized spacial score (nSPS) is 11.2. The molecule has 1 N–H and O–H groups in total. The zero-order chi connectivity index (χ0) is 16.0. The fourth-order valence-electron chi connectivity index (χ4n) is 1.82. The third-order valence-electron chi connectivity index (χ3n) is 3.11. The standard InChI is InChI=1S/C17H22N2O3/c1-17(2,3)14-11-19-15(22-14)9-10-18-16(20)21-12-13-7-5-4-6-8-13/h4-8,11H,9-10,12H2,1-3H3,(H,18,20). The number of oxazole rings is 1. The molecule has 1 amide bonds. The van der Waals surface area contributed by atoms with Crippen LogP contribution >= 0.6 is 0 Å². The smallest absolute Gasteiger partial charge is 0.407 e. The number of carbonyl (C=O) groups excluding carboxylic acids is 1. The predicted octanol–water partition coefficient (Wildman–Crippen LogP) is 3.44. The molecule has 5 nitrogen and oxygen atoms in total. The van der Waals surface area contributed by atoms with Crippen LogP contribution in [0.1, 0.15) is 38.0 Å². The van der Waals surface area contributed by atoms with Crippen molar-refractivity contribution in [1.82, 2.24) is 10.3 Å². The first-order valence-electron chi connectivity index (χ1n) is 7.35. The Kier molecular flexibility index (Phi) is 5.20. The van der Waals surface area contributed by atoms with E-state index in [1.54, 1.807) is 6.20 Å². The predicted molar refractivity (Wildman–Crippen MR) is 83.5 cm³/mol. The number of hydrogen-bond donors (Lipinski definition) is 1. The van der Waals surface area contributed by atoms with Gasteiger partial charge >= 0.3 is 6.09 Å². The lowest BCUT2D eigenvalue weighted by Gasteiger charge is -2.13. The van der Waals surface area contributed by atoms with Crippen LogP contribution in [0.3, 0.4) is 0 Å². The molecule has 0 atom stereocenters. The molecule has 0 aliphatic rings. The summed E-state index contributed by atoms with van der Waals surface area (Å²) in [6, 6.07) is 9.56. The van der Waals surface area contributed by atoms with Gasteiger partial charge in [-0.3, -0.25) is 0 Å². The summed E-state index contributed by atoms with van der Waals surface area (Å²) in [4.78, 5) is 15.8. The van der Waals surface area contributed by atoms with E-state index in [2.05, 4.69) is 31.1 Å². The number of carbonyl (C=O) groups is 1. The van der Waals surface area contributed by atoms with Crippen molar-refractivity contribution < 1.29 is 13.9 Å². The highest BCUT2D eigenvalue weighted by Crippen LogP contribution is 2.22. The Morgan fingerprint density at radius 2 is 2.00 bits per heavy atom. The van der Waals surface area contributed by atoms with Gasteiger partial charge in [0.05, 0.1) is 6.20 Å². The van der Waals surface area contributed by atoms with E-state index in [0.29, 0.717) is 18.9 Å². The minimum Gasteiger partial charge on any atom is -0.445 e. The number of amides is 1. The summed E-state index contributed by atoms with van der Waals surface area (Å²) in [5, 5.41) is 2.69. The number of rotatable bonds is 5. The van der Waals surface area contributed by atoms with Crippen LogP contribution in [-0.2, 0) is 23.2 Å². The summed E-state index contributed by atoms with van der Waals surface area (Å²) in [5.74, 6) is 1.46. The van der Waals surface area contributed by atoms with Crippen molar-refractivity contribution in [1.29, 1.82) is 0 Å². The summed E-state index contributed by atoms with van der Waals surface area (Å²) >= 11 is 0. The quantitative estimate of drug-likeness (QED) is 0.919. The van der Waals surface area contributed by atoms with Gasteiger partial charge in [0.1, 0.15) is 12.4 Å². The number of nitrogens with one attached hydrogen (secondary N) is 1. The number of hydrogen-bond acceptors (Lipinski definition) is 4. The number of alkyl carbamates (subject to hydrolysis) is 1. The summed E-state index contributed by atoms with van der Waals surface area (Å²) in [7, 11) is 0. The molecule has 22 heavy (non-hydrogen) atoms. The first kappa shape index (κ1) is 16.1. The number of benzene rings is 1. The average molecular weight is 302 g/mol. The first-order valence-corrected chi connectivity index (χ1v) is 7.35. The van der Waals surface area contributed by atoms with Crippen LogP contribution in [0.25, 0.3) is 0 Å². The van der Waals surface area contributed by atoms with Crippen LogP contribution in [0.15, 0.2) is 40.9 Å². The molecule has 0 unspecified atom stereocenters. The van der Waals surface area contributed by atoms with Gasteiger partial charge in [-0.1, -0.05) is 51.1 Å². The van der Waals surface area contributed by atoms with E-state index in [0.717, 1.165) is 11.3 Å². The van der Waals surface area contributed by atoms with E-state index in [1.807, 2.05) is 30.3 Å². The molecule has 118 valence electrons. The minimum atomic E-state index is -0.438. The highest BCUT2D eigenvalue weighted by atomic mass is 16.5. The Morgan fingerprint density at radius 3 is 2.64 bits per heavy atom. The van der Waals surface area contributed by atoms with E-state index >= 15 is 0 Å². The Hall–Kier alpha value is -2.30. The largest absolute Gasteiger partial charge is 0.445 e. The monoisotopic (exact) mass is 302 g/mol. The van der Waals surface area contributed by atoms with E-state index < -0.39 is 6.09 Å². The molecule has 1 aromatic carbocycles. The molecule has 5 heteroatoms. The molecule has 2 aromatic rings. The van der Waals surface area contributed by atoms with Crippen LogP contribution in [0, 0.1) is 0 Å². The van der Waals surface area contributed by atoms with Crippen LogP contribution in [0.5, 0.6) is 0 Å². The molecule has 0 aliphatic heterocycles. The lowest BCUT2D eigenvalue weighted by Crippen LogP contribution is -2.26. The first-order chi connectivity index (χ1) is 10.4. The van der Waals surface area contributed by atoms with Gasteiger partial charge in [0.2, 0.25) is 0 Å². The Bertz CT molecular complexity index is 600. The third kappa shape index (κ3) is 4.91. The van der Waals surface area contributed by atoms with Gasteiger partial charge in [0.15, 0.2) is 5.89 Å². The number of aromatic nitrogens is 1. The summed E-state index contributed by atoms with van der Waals surface area (Å²) < 4.78 is 10.8. The fraction of sp³-hybridized carbons (Fsp3) is 0.412. The molecule has 0 saturated heterocycles. The molecule has 0 spiro atoms. The second kappa shape index (κ2) is 7.11. The van der Waals surface area contributed by atoms with Gasteiger partial charge in [0.25, 0.3) is 0 Å². The number of nitrogens with zero attached hydrogens (tertiary/aromatic N) is 1. The Morgan fingerprint density at radius 1 is 1.27 bits per heavy atom. The lowest BCUT2D eigenvalue weighted by molar-refractivity contribution is 0.139. The van der Waals surface area contributed by atoms with Gasteiger partial charge in [-0.05, 0) is 5.56 Å². The van der Waals surface area contributed by atoms with Gasteiger partial charge < -0.3 is 14.5 Å². The topological polar surface area (TPSA) is 64.4 Å². The summed E-state index contributed by atoms with van der Waals surface area (Å²) in [6.45, 7) is 6.89. The van der Waals surface area contributed by atoms with E-state index in [4.69, 9.17) is 9.15 Å². The van der Waals surface area contributed by atoms with Gasteiger partial charge in [0, 0.05) is 18.4 Å². The molecular weight excluding hydrogens is 280 g/mol. The summed E-state index contributed by atoms with van der Waals surface area (Å²) in [6.07, 6.45) is 1.84. The second-order valence-corrected chi connectivity index (χ2v) is 6.11. The Balaban J connectivity index is 1.70. The van der Waals surface area contributed by atoms with Crippen LogP contribution < -0.4 is 5.32 Å². The minimum absolute atomic E-state index is 0.0622. The lowest BCUT2D eigenvalue weighted by atomic mass is 9.94. The molecular formula is C17H22N2O3. The van der Waals surface area contributed by atoms with E-state index in [1.165, 1.54) is 0 Å². The van der Waals surface area contributed by atoms with E-state index in [9.17, 15) is 4.79 Å². The molecule has 0 aliphatic carbocycles. The van der Waals surface area contributed by atoms with Gasteiger partial charge in [-0.2, -0.15) is 0 Å². The Labute approximate surface area is 130 Å². The van der Waals surface area contributed by atoms with Crippen LogP contribution in [-0.4, -0.2) is 17.6 Å². The molecule has 0 bridgehead atoms. The zero-order valence-electron chi connectivity index (χ0n) is 13.3. The number of ether oxygens (including phenoxy) is 1. The van der Waals surface area contributed by atoms with Crippen molar-refractivity contribution in [2.45, 2.75) is 39.2 Å². The molecule has 0 saturated carbocycles. The molecule has 2 rings (SSSR count). The highest BCUT2D eigenvalue weighted by molar-refractivity contribution is 5.67. The van der Waals surface area contributed by atoms with Crippen molar-refractivity contribution in [3.63, 3.8) is 0 Å². The van der Waals surface area contributed by atoms with Crippen molar-refractivity contribution in [3.05, 3.63) is 53.7 Å². The van der Waals surface area contributed by atoms with Gasteiger partial charge in [-0.15, -0.1) is 0 Å². The zero-order valence-corrected chi connectivity index (χ0v) is 13.3. The molecule has 0 fully saturated rings. The van der Waals surface area contributed by atoms with Crippen molar-refractivity contribution in [2.75, 3.05) is 6.54 Å². The molecule has 0 radical (unpaired) electrons. The van der Waals surface area contributed by atoms with Crippen LogP contribution in [0.4, 0.5) is 4.79 Å². The van der Waals surface area contributed by atoms with Gasteiger partial charge in [-0.25, -0.2) is 9.78 Å². The van der Waals surface area contributed by atoms with Crippen molar-refractivity contribution in [2.24, 2.45) is 0 Å². The highest BCUT2D eigenvalue weighted by Gasteiger charge is 2.19. The fourth-order valence-corrected chi connectivity index (χ4v) is 1.82. The maximum atomic E-state index is 11.6. The SMILES string of the molecule is CC(C)(C)c1cnc(CCNC(=O)OCc2ccccc2)o1. The third-order valence-corrected chi connectivity index (χ3v) is 3.11. The van der Waals surface area contributed by atoms with Crippen molar-refractivity contribution >= 4 is 6.09 Å². The molecule has 1 heterocycles. The average Bonchev–Trinajstić information content (AvgIpc) is 2.95. The maximum Gasteiger partial charge on any atom is 0.407 e. The maximum absolute atomic E-state index is 11.6. The second-order valence-electron chi connectivity index (χ2n) is 6.11. The van der Waals surface area contributed by atoms with E-state index in [-0.39, 0.29) is 12.0 Å². The van der Waals surface area contributed by atoms with Crippen molar-refractivity contribution in [3.8, 4) is 0 Å².